The van der Waals surface area contributed by atoms with Gasteiger partial charge in [0.15, 0.2) is 0 Å². The first-order chi connectivity index (χ1) is 14.3. The van der Waals surface area contributed by atoms with Gasteiger partial charge >= 0.3 is 5.69 Å². The van der Waals surface area contributed by atoms with Gasteiger partial charge in [0, 0.05) is 25.7 Å². The minimum absolute atomic E-state index is 0.0760. The Morgan fingerprint density at radius 3 is 2.50 bits per heavy atom. The zero-order chi connectivity index (χ0) is 21.3. The Balaban J connectivity index is 1.58. The van der Waals surface area contributed by atoms with Crippen molar-refractivity contribution >= 4 is 32.4 Å². The molecule has 1 fully saturated rings. The molecule has 11 heteroatoms. The summed E-state index contributed by atoms with van der Waals surface area (Å²) in [6.07, 6.45) is 2.56. The lowest BCUT2D eigenvalue weighted by Crippen LogP contribution is -2.35. The van der Waals surface area contributed by atoms with E-state index >= 15 is 0 Å². The predicted octanol–water partition coefficient (Wildman–Crippen LogP) is 2.55. The van der Waals surface area contributed by atoms with Gasteiger partial charge in [-0.1, -0.05) is 12.5 Å². The number of piperidine rings is 1. The Hall–Kier alpha value is -3.18. The highest BCUT2D eigenvalue weighted by Crippen LogP contribution is 2.30. The lowest BCUT2D eigenvalue weighted by molar-refractivity contribution is -0.384. The van der Waals surface area contributed by atoms with Crippen LogP contribution in [0.25, 0.3) is 11.0 Å². The number of hydrogen-bond acceptors (Lipinski definition) is 6. The van der Waals surface area contributed by atoms with E-state index in [0.717, 1.165) is 30.9 Å². The lowest BCUT2D eigenvalue weighted by Gasteiger charge is -2.25. The molecule has 0 radical (unpaired) electrons. The van der Waals surface area contributed by atoms with E-state index in [9.17, 15) is 23.3 Å². The summed E-state index contributed by atoms with van der Waals surface area (Å²) in [5, 5.41) is 14.6. The van der Waals surface area contributed by atoms with Crippen molar-refractivity contribution in [2.24, 2.45) is 0 Å². The molecular weight excluding hydrogens is 410 g/mol. The number of benzene rings is 2. The van der Waals surface area contributed by atoms with Crippen molar-refractivity contribution in [1.82, 2.24) is 14.3 Å². The molecule has 4 rings (SSSR count). The molecule has 0 saturated carbocycles. The number of hydrogen-bond donors (Lipinski definition) is 3. The molecule has 0 aliphatic carbocycles. The summed E-state index contributed by atoms with van der Waals surface area (Å²) in [6, 6.07) is 9.23. The molecule has 0 spiro atoms. The molecule has 1 saturated heterocycles. The first-order valence-electron chi connectivity index (χ1n) is 9.58. The van der Waals surface area contributed by atoms with Crippen LogP contribution in [-0.2, 0) is 16.6 Å². The maximum Gasteiger partial charge on any atom is 0.323 e. The van der Waals surface area contributed by atoms with Crippen LogP contribution in [0.1, 0.15) is 24.8 Å². The normalized spacial score (nSPS) is 15.3. The van der Waals surface area contributed by atoms with Gasteiger partial charge in [-0.2, -0.15) is 4.31 Å². The third kappa shape index (κ3) is 3.94. The van der Waals surface area contributed by atoms with Gasteiger partial charge < -0.3 is 15.3 Å². The number of aromatic amines is 2. The average Bonchev–Trinajstić information content (AvgIpc) is 3.12. The molecule has 30 heavy (non-hydrogen) atoms. The molecule has 0 atom stereocenters. The molecule has 1 aliphatic heterocycles. The Kier molecular flexibility index (Phi) is 5.31. The topological polar surface area (TPSA) is 141 Å². The first kappa shape index (κ1) is 20.1. The van der Waals surface area contributed by atoms with Crippen LogP contribution >= 0.6 is 0 Å². The minimum atomic E-state index is -3.76. The Morgan fingerprint density at radius 2 is 1.77 bits per heavy atom. The molecule has 0 bridgehead atoms. The van der Waals surface area contributed by atoms with Crippen molar-refractivity contribution in [3.8, 4) is 0 Å². The van der Waals surface area contributed by atoms with E-state index in [4.69, 9.17) is 0 Å². The van der Waals surface area contributed by atoms with Crippen molar-refractivity contribution in [2.45, 2.75) is 30.7 Å². The number of sulfonamides is 1. The number of aromatic nitrogens is 2. The fourth-order valence-corrected chi connectivity index (χ4v) is 5.15. The largest absolute Gasteiger partial charge is 0.375 e. The summed E-state index contributed by atoms with van der Waals surface area (Å²) in [4.78, 5) is 27.6. The molecule has 0 unspecified atom stereocenters. The van der Waals surface area contributed by atoms with E-state index in [0.29, 0.717) is 24.1 Å². The molecular formula is C19H21N5O5S. The van der Waals surface area contributed by atoms with Gasteiger partial charge in [0.05, 0.1) is 20.9 Å². The molecule has 1 aromatic heterocycles. The molecule has 0 amide bonds. The van der Waals surface area contributed by atoms with E-state index in [-0.39, 0.29) is 28.5 Å². The predicted molar refractivity (Wildman–Crippen MR) is 112 cm³/mol. The fraction of sp³-hybridized carbons (Fsp3) is 0.316. The number of nitro groups is 1. The van der Waals surface area contributed by atoms with Crippen LogP contribution in [0.5, 0.6) is 0 Å². The van der Waals surface area contributed by atoms with E-state index < -0.39 is 14.9 Å². The maximum atomic E-state index is 12.8. The molecule has 1 aliphatic rings. The zero-order valence-electron chi connectivity index (χ0n) is 16.1. The van der Waals surface area contributed by atoms with Crippen molar-refractivity contribution in [3.05, 3.63) is 62.6 Å². The number of fused-ring (bicyclic) bond motifs is 1. The summed E-state index contributed by atoms with van der Waals surface area (Å²) in [7, 11) is -3.76. The van der Waals surface area contributed by atoms with Crippen molar-refractivity contribution < 1.29 is 13.3 Å². The second-order valence-electron chi connectivity index (χ2n) is 7.21. The standard InChI is InChI=1S/C19H21N5O5S/c25-19-21-15-6-4-13(10-17(15)22-19)12-20-16-7-5-14(11-18(16)24(26)27)30(28,29)23-8-2-1-3-9-23/h4-7,10-11,20H,1-3,8-9,12H2,(H2,21,22,25). The SMILES string of the molecule is O=c1[nH]c2ccc(CNc3ccc(S(=O)(=O)N4CCCCC4)cc3[N+](=O)[O-])cc2[nH]1. The number of rotatable bonds is 6. The number of H-pyrrole nitrogens is 2. The third-order valence-electron chi connectivity index (χ3n) is 5.18. The number of anilines is 1. The van der Waals surface area contributed by atoms with Gasteiger partial charge in [0.25, 0.3) is 5.69 Å². The van der Waals surface area contributed by atoms with E-state index in [1.165, 1.54) is 16.4 Å². The zero-order valence-corrected chi connectivity index (χ0v) is 16.9. The molecule has 3 aromatic rings. The number of imidazole rings is 1. The number of nitrogens with one attached hydrogen (secondary N) is 3. The summed E-state index contributed by atoms with van der Waals surface area (Å²) in [5.41, 5.74) is 1.72. The maximum absolute atomic E-state index is 12.8. The van der Waals surface area contributed by atoms with Crippen LogP contribution in [0.2, 0.25) is 0 Å². The Bertz CT molecular complexity index is 1260. The fourth-order valence-electron chi connectivity index (χ4n) is 3.61. The third-order valence-corrected chi connectivity index (χ3v) is 7.08. The van der Waals surface area contributed by atoms with Crippen LogP contribution in [0.3, 0.4) is 0 Å². The minimum Gasteiger partial charge on any atom is -0.375 e. The Labute approximate surface area is 172 Å². The van der Waals surface area contributed by atoms with E-state index in [1.54, 1.807) is 18.2 Å². The summed E-state index contributed by atoms with van der Waals surface area (Å²) < 4.78 is 27.0. The van der Waals surface area contributed by atoms with Crippen molar-refractivity contribution in [2.75, 3.05) is 18.4 Å². The van der Waals surface area contributed by atoms with Crippen LogP contribution in [0.15, 0.2) is 46.1 Å². The highest BCUT2D eigenvalue weighted by atomic mass is 32.2. The lowest BCUT2D eigenvalue weighted by atomic mass is 10.2. The van der Waals surface area contributed by atoms with E-state index in [2.05, 4.69) is 15.3 Å². The first-order valence-corrected chi connectivity index (χ1v) is 11.0. The Morgan fingerprint density at radius 1 is 1.03 bits per heavy atom. The molecule has 3 N–H and O–H groups in total. The number of nitrogens with zero attached hydrogens (tertiary/aromatic N) is 2. The molecule has 2 aromatic carbocycles. The van der Waals surface area contributed by atoms with E-state index in [1.807, 2.05) is 0 Å². The second-order valence-corrected chi connectivity index (χ2v) is 9.15. The van der Waals surface area contributed by atoms with Gasteiger partial charge in [-0.25, -0.2) is 13.2 Å². The monoisotopic (exact) mass is 431 g/mol. The van der Waals surface area contributed by atoms with Crippen LogP contribution in [0, 0.1) is 10.1 Å². The number of nitro benzene ring substituents is 1. The van der Waals surface area contributed by atoms with Gasteiger partial charge in [-0.3, -0.25) is 10.1 Å². The second kappa shape index (κ2) is 7.92. The highest BCUT2D eigenvalue weighted by Gasteiger charge is 2.28. The van der Waals surface area contributed by atoms with Crippen LogP contribution < -0.4 is 11.0 Å². The molecule has 2 heterocycles. The van der Waals surface area contributed by atoms with Crippen molar-refractivity contribution in [1.29, 1.82) is 0 Å². The van der Waals surface area contributed by atoms with Crippen LogP contribution in [-0.4, -0.2) is 40.7 Å². The van der Waals surface area contributed by atoms with Gasteiger partial charge in [0.1, 0.15) is 5.69 Å². The average molecular weight is 431 g/mol. The summed E-state index contributed by atoms with van der Waals surface area (Å²) in [6.45, 7) is 1.13. The molecule has 158 valence electrons. The summed E-state index contributed by atoms with van der Waals surface area (Å²) in [5.74, 6) is 0. The molecule has 10 nitrogen and oxygen atoms in total. The smallest absolute Gasteiger partial charge is 0.323 e. The van der Waals surface area contributed by atoms with Gasteiger partial charge in [-0.05, 0) is 42.7 Å². The van der Waals surface area contributed by atoms with Crippen LogP contribution in [0.4, 0.5) is 11.4 Å². The quantitative estimate of drug-likeness (QED) is 0.405. The van der Waals surface area contributed by atoms with Crippen molar-refractivity contribution in [3.63, 3.8) is 0 Å². The highest BCUT2D eigenvalue weighted by molar-refractivity contribution is 7.89. The van der Waals surface area contributed by atoms with Gasteiger partial charge in [0.2, 0.25) is 10.0 Å². The van der Waals surface area contributed by atoms with Gasteiger partial charge in [-0.15, -0.1) is 0 Å². The summed E-state index contributed by atoms with van der Waals surface area (Å²) >= 11 is 0.